The molecular formula is C13H13BrFN3O. The zero-order chi connectivity index (χ0) is 13.7. The SMILES string of the molecule is CCNc1cnc(COc2ccc(F)cc2Br)cn1. The lowest BCUT2D eigenvalue weighted by Crippen LogP contribution is -2.03. The molecule has 0 radical (unpaired) electrons. The lowest BCUT2D eigenvalue weighted by Gasteiger charge is -2.08. The molecule has 100 valence electrons. The van der Waals surface area contributed by atoms with Crippen molar-refractivity contribution in [1.82, 2.24) is 9.97 Å². The van der Waals surface area contributed by atoms with Crippen LogP contribution in [-0.2, 0) is 6.61 Å². The van der Waals surface area contributed by atoms with Crippen molar-refractivity contribution in [2.45, 2.75) is 13.5 Å². The van der Waals surface area contributed by atoms with E-state index in [4.69, 9.17) is 4.74 Å². The van der Waals surface area contributed by atoms with Crippen LogP contribution in [0, 0.1) is 5.82 Å². The molecule has 1 heterocycles. The Labute approximate surface area is 119 Å². The van der Waals surface area contributed by atoms with Gasteiger partial charge in [0.25, 0.3) is 0 Å². The summed E-state index contributed by atoms with van der Waals surface area (Å²) in [7, 11) is 0. The number of rotatable bonds is 5. The quantitative estimate of drug-likeness (QED) is 0.915. The Morgan fingerprint density at radius 3 is 2.79 bits per heavy atom. The molecule has 0 aliphatic heterocycles. The van der Waals surface area contributed by atoms with E-state index in [9.17, 15) is 4.39 Å². The number of hydrogen-bond donors (Lipinski definition) is 1. The Bertz CT molecular complexity index is 548. The maximum absolute atomic E-state index is 12.9. The number of nitrogens with zero attached hydrogens (tertiary/aromatic N) is 2. The van der Waals surface area contributed by atoms with Gasteiger partial charge in [0, 0.05) is 6.54 Å². The standard InChI is InChI=1S/C13H13BrFN3O/c1-2-16-13-7-17-10(6-18-13)8-19-12-4-3-9(15)5-11(12)14/h3-7H,2,8H2,1H3,(H,16,18). The first-order valence-corrected chi connectivity index (χ1v) is 6.61. The van der Waals surface area contributed by atoms with Crippen molar-refractivity contribution in [2.75, 3.05) is 11.9 Å². The van der Waals surface area contributed by atoms with E-state index in [0.29, 0.717) is 15.9 Å². The van der Waals surface area contributed by atoms with Crippen LogP contribution in [0.1, 0.15) is 12.6 Å². The predicted octanol–water partition coefficient (Wildman–Crippen LogP) is 3.39. The fourth-order valence-electron chi connectivity index (χ4n) is 1.45. The largest absolute Gasteiger partial charge is 0.486 e. The van der Waals surface area contributed by atoms with Crippen LogP contribution in [0.15, 0.2) is 35.1 Å². The van der Waals surface area contributed by atoms with E-state index < -0.39 is 0 Å². The van der Waals surface area contributed by atoms with E-state index in [0.717, 1.165) is 12.4 Å². The average molecular weight is 326 g/mol. The zero-order valence-electron chi connectivity index (χ0n) is 10.4. The van der Waals surface area contributed by atoms with E-state index in [1.807, 2.05) is 6.92 Å². The molecule has 0 saturated heterocycles. The Balaban J connectivity index is 1.98. The van der Waals surface area contributed by atoms with E-state index >= 15 is 0 Å². The van der Waals surface area contributed by atoms with Gasteiger partial charge in [0.05, 0.1) is 22.6 Å². The van der Waals surface area contributed by atoms with Gasteiger partial charge in [0.1, 0.15) is 24.0 Å². The highest BCUT2D eigenvalue weighted by Gasteiger charge is 2.04. The molecule has 1 aromatic heterocycles. The van der Waals surface area contributed by atoms with Gasteiger partial charge in [-0.2, -0.15) is 0 Å². The minimum absolute atomic E-state index is 0.281. The van der Waals surface area contributed by atoms with Crippen molar-refractivity contribution in [3.05, 3.63) is 46.6 Å². The number of hydrogen-bond acceptors (Lipinski definition) is 4. The molecule has 0 spiro atoms. The summed E-state index contributed by atoms with van der Waals surface area (Å²) in [5.74, 6) is 0.988. The zero-order valence-corrected chi connectivity index (χ0v) is 11.9. The summed E-state index contributed by atoms with van der Waals surface area (Å²) in [6, 6.07) is 4.27. The number of aromatic nitrogens is 2. The molecule has 2 aromatic rings. The number of halogens is 2. The first-order chi connectivity index (χ1) is 9.19. The smallest absolute Gasteiger partial charge is 0.144 e. The number of ether oxygens (including phenoxy) is 1. The van der Waals surface area contributed by atoms with Gasteiger partial charge in [-0.1, -0.05) is 0 Å². The molecule has 1 N–H and O–H groups in total. The molecule has 0 fully saturated rings. The summed E-state index contributed by atoms with van der Waals surface area (Å²) in [4.78, 5) is 8.41. The van der Waals surface area contributed by atoms with Crippen molar-refractivity contribution >= 4 is 21.7 Å². The third-order valence-corrected chi connectivity index (χ3v) is 2.95. The molecule has 2 rings (SSSR count). The van der Waals surface area contributed by atoms with Crippen molar-refractivity contribution in [3.63, 3.8) is 0 Å². The lowest BCUT2D eigenvalue weighted by molar-refractivity contribution is 0.298. The van der Waals surface area contributed by atoms with Crippen molar-refractivity contribution in [2.24, 2.45) is 0 Å². The second-order valence-electron chi connectivity index (χ2n) is 3.79. The molecule has 0 saturated carbocycles. The molecule has 0 aliphatic rings. The molecule has 19 heavy (non-hydrogen) atoms. The summed E-state index contributed by atoms with van der Waals surface area (Å²) in [6.45, 7) is 3.07. The van der Waals surface area contributed by atoms with Crippen LogP contribution in [0.3, 0.4) is 0 Å². The van der Waals surface area contributed by atoms with Crippen molar-refractivity contribution in [1.29, 1.82) is 0 Å². The van der Waals surface area contributed by atoms with Crippen LogP contribution < -0.4 is 10.1 Å². The molecule has 0 aliphatic carbocycles. The predicted molar refractivity (Wildman–Crippen MR) is 74.6 cm³/mol. The number of anilines is 1. The van der Waals surface area contributed by atoms with Gasteiger partial charge in [-0.25, -0.2) is 9.37 Å². The molecule has 0 unspecified atom stereocenters. The maximum atomic E-state index is 12.9. The van der Waals surface area contributed by atoms with Gasteiger partial charge in [-0.3, -0.25) is 4.98 Å². The molecular weight excluding hydrogens is 313 g/mol. The third-order valence-electron chi connectivity index (χ3n) is 2.33. The van der Waals surface area contributed by atoms with Gasteiger partial charge < -0.3 is 10.1 Å². The average Bonchev–Trinajstić information content (AvgIpc) is 2.40. The van der Waals surface area contributed by atoms with Crippen molar-refractivity contribution < 1.29 is 9.13 Å². The van der Waals surface area contributed by atoms with Crippen molar-refractivity contribution in [3.8, 4) is 5.75 Å². The second-order valence-corrected chi connectivity index (χ2v) is 4.64. The van der Waals surface area contributed by atoms with E-state index in [1.165, 1.54) is 12.1 Å². The topological polar surface area (TPSA) is 47.0 Å². The summed E-state index contributed by atoms with van der Waals surface area (Å²) < 4.78 is 19.0. The van der Waals surface area contributed by atoms with Gasteiger partial charge in [-0.15, -0.1) is 0 Å². The molecule has 0 atom stereocenters. The summed E-state index contributed by atoms with van der Waals surface area (Å²) in [6.07, 6.45) is 3.30. The van der Waals surface area contributed by atoms with Crippen LogP contribution in [-0.4, -0.2) is 16.5 Å². The number of nitrogens with one attached hydrogen (secondary N) is 1. The molecule has 1 aromatic carbocycles. The first kappa shape index (κ1) is 13.7. The van der Waals surface area contributed by atoms with Crippen LogP contribution >= 0.6 is 15.9 Å². The number of benzene rings is 1. The normalized spacial score (nSPS) is 10.3. The highest BCUT2D eigenvalue weighted by Crippen LogP contribution is 2.26. The first-order valence-electron chi connectivity index (χ1n) is 5.81. The second kappa shape index (κ2) is 6.47. The maximum Gasteiger partial charge on any atom is 0.144 e. The molecule has 4 nitrogen and oxygen atoms in total. The minimum atomic E-state index is -0.311. The van der Waals surface area contributed by atoms with Gasteiger partial charge in [0.2, 0.25) is 0 Å². The van der Waals surface area contributed by atoms with Gasteiger partial charge >= 0.3 is 0 Å². The minimum Gasteiger partial charge on any atom is -0.486 e. The Hall–Kier alpha value is -1.69. The summed E-state index contributed by atoms with van der Waals surface area (Å²) >= 11 is 3.24. The van der Waals surface area contributed by atoms with Crippen LogP contribution in [0.25, 0.3) is 0 Å². The Morgan fingerprint density at radius 1 is 1.32 bits per heavy atom. The fourth-order valence-corrected chi connectivity index (χ4v) is 1.91. The molecule has 6 heteroatoms. The lowest BCUT2D eigenvalue weighted by atomic mass is 10.3. The third kappa shape index (κ3) is 3.89. The Morgan fingerprint density at radius 2 is 2.16 bits per heavy atom. The van der Waals surface area contributed by atoms with E-state index in [2.05, 4.69) is 31.2 Å². The highest BCUT2D eigenvalue weighted by atomic mass is 79.9. The van der Waals surface area contributed by atoms with Gasteiger partial charge in [-0.05, 0) is 41.1 Å². The summed E-state index contributed by atoms with van der Waals surface area (Å²) in [5.41, 5.74) is 0.706. The summed E-state index contributed by atoms with van der Waals surface area (Å²) in [5, 5.41) is 3.06. The molecule has 0 bridgehead atoms. The Kier molecular flexibility index (Phi) is 4.68. The monoisotopic (exact) mass is 325 g/mol. The van der Waals surface area contributed by atoms with E-state index in [-0.39, 0.29) is 12.4 Å². The van der Waals surface area contributed by atoms with Crippen LogP contribution in [0.5, 0.6) is 5.75 Å². The van der Waals surface area contributed by atoms with Gasteiger partial charge in [0.15, 0.2) is 0 Å². The highest BCUT2D eigenvalue weighted by molar-refractivity contribution is 9.10. The van der Waals surface area contributed by atoms with Crippen LogP contribution in [0.2, 0.25) is 0 Å². The van der Waals surface area contributed by atoms with E-state index in [1.54, 1.807) is 18.5 Å². The molecule has 0 amide bonds. The fraction of sp³-hybridized carbons (Fsp3) is 0.231. The van der Waals surface area contributed by atoms with Crippen LogP contribution in [0.4, 0.5) is 10.2 Å².